The Balaban J connectivity index is 1.48. The molecular formula is C22H27N5O4S2. The molecule has 1 fully saturated rings. The van der Waals surface area contributed by atoms with Crippen molar-refractivity contribution >= 4 is 38.7 Å². The number of carbonyl (C=O) groups is 1. The third kappa shape index (κ3) is 5.06. The van der Waals surface area contributed by atoms with E-state index in [1.165, 1.54) is 10.4 Å². The standard InChI is InChI=1S/C22H27N5O4S2/c1-31-13-12-26-20-10-9-18(14-19(20)24-25-26)33(29,30)27-11-3-4-21(27)22(28)23-15-16-5-7-17(32-2)8-6-16/h5-10,14,21H,3-4,11-13,15H2,1-2H3,(H,23,28)/t21-/m1/s1. The van der Waals surface area contributed by atoms with E-state index in [1.54, 1.807) is 35.7 Å². The van der Waals surface area contributed by atoms with E-state index in [0.717, 1.165) is 16.0 Å². The summed E-state index contributed by atoms with van der Waals surface area (Å²) in [5.74, 6) is -0.281. The first-order chi connectivity index (χ1) is 15.9. The Hall–Kier alpha value is -2.47. The number of aromatic nitrogens is 3. The molecule has 0 unspecified atom stereocenters. The number of nitrogens with one attached hydrogen (secondary N) is 1. The molecule has 0 spiro atoms. The molecule has 3 aromatic rings. The second-order valence-corrected chi connectivity index (χ2v) is 10.6. The lowest BCUT2D eigenvalue weighted by Crippen LogP contribution is -2.45. The summed E-state index contributed by atoms with van der Waals surface area (Å²) in [4.78, 5) is 14.1. The Labute approximate surface area is 197 Å². The number of benzene rings is 2. The van der Waals surface area contributed by atoms with Crippen LogP contribution in [0.1, 0.15) is 18.4 Å². The highest BCUT2D eigenvalue weighted by atomic mass is 32.2. The Kier molecular flexibility index (Phi) is 7.32. The van der Waals surface area contributed by atoms with E-state index >= 15 is 0 Å². The molecule has 1 amide bonds. The molecule has 1 saturated heterocycles. The maximum absolute atomic E-state index is 13.4. The lowest BCUT2D eigenvalue weighted by atomic mass is 10.2. The van der Waals surface area contributed by atoms with E-state index in [1.807, 2.05) is 30.5 Å². The molecule has 11 heteroatoms. The van der Waals surface area contributed by atoms with Crippen molar-refractivity contribution in [1.82, 2.24) is 24.6 Å². The fourth-order valence-corrected chi connectivity index (χ4v) is 6.02. The van der Waals surface area contributed by atoms with Crippen LogP contribution in [-0.4, -0.2) is 66.2 Å². The molecule has 1 N–H and O–H groups in total. The summed E-state index contributed by atoms with van der Waals surface area (Å²) in [6.45, 7) is 1.66. The Morgan fingerprint density at radius 3 is 2.76 bits per heavy atom. The molecule has 1 atom stereocenters. The van der Waals surface area contributed by atoms with E-state index < -0.39 is 16.1 Å². The summed E-state index contributed by atoms with van der Waals surface area (Å²) in [6.07, 6.45) is 3.13. The smallest absolute Gasteiger partial charge is 0.243 e. The fraction of sp³-hybridized carbons (Fsp3) is 0.409. The minimum atomic E-state index is -3.86. The van der Waals surface area contributed by atoms with Gasteiger partial charge in [0.05, 0.1) is 23.6 Å². The molecule has 1 aliphatic heterocycles. The predicted molar refractivity (Wildman–Crippen MR) is 126 cm³/mol. The molecule has 9 nitrogen and oxygen atoms in total. The van der Waals surface area contributed by atoms with Crippen molar-refractivity contribution in [3.8, 4) is 0 Å². The first-order valence-corrected chi connectivity index (χ1v) is 13.3. The zero-order valence-corrected chi connectivity index (χ0v) is 20.2. The second-order valence-electron chi connectivity index (χ2n) is 7.80. The zero-order chi connectivity index (χ0) is 23.4. The number of sulfonamides is 1. The van der Waals surface area contributed by atoms with Gasteiger partial charge in [0.2, 0.25) is 15.9 Å². The van der Waals surface area contributed by atoms with Gasteiger partial charge in [-0.3, -0.25) is 4.79 Å². The van der Waals surface area contributed by atoms with Crippen LogP contribution in [0.25, 0.3) is 11.0 Å². The van der Waals surface area contributed by atoms with E-state index in [0.29, 0.717) is 44.6 Å². The third-order valence-electron chi connectivity index (χ3n) is 5.73. The van der Waals surface area contributed by atoms with Crippen LogP contribution < -0.4 is 5.32 Å². The lowest BCUT2D eigenvalue weighted by molar-refractivity contribution is -0.124. The molecule has 0 radical (unpaired) electrons. The second kappa shape index (κ2) is 10.2. The number of hydrogen-bond acceptors (Lipinski definition) is 7. The van der Waals surface area contributed by atoms with Crippen LogP contribution in [0.3, 0.4) is 0 Å². The number of rotatable bonds is 9. The van der Waals surface area contributed by atoms with Crippen molar-refractivity contribution in [2.75, 3.05) is 26.5 Å². The number of thioether (sulfide) groups is 1. The Morgan fingerprint density at radius 1 is 1.24 bits per heavy atom. The first-order valence-electron chi connectivity index (χ1n) is 10.7. The zero-order valence-electron chi connectivity index (χ0n) is 18.6. The monoisotopic (exact) mass is 489 g/mol. The number of hydrogen-bond donors (Lipinski definition) is 1. The van der Waals surface area contributed by atoms with Crippen molar-refractivity contribution in [2.45, 2.75) is 41.8 Å². The van der Waals surface area contributed by atoms with Gasteiger partial charge in [-0.05, 0) is 55.0 Å². The van der Waals surface area contributed by atoms with Crippen LogP contribution in [0.15, 0.2) is 52.3 Å². The van der Waals surface area contributed by atoms with Gasteiger partial charge in [0.15, 0.2) is 0 Å². The molecular weight excluding hydrogens is 462 g/mol. The quantitative estimate of drug-likeness (QED) is 0.460. The maximum atomic E-state index is 13.4. The number of ether oxygens (including phenoxy) is 1. The average molecular weight is 490 g/mol. The van der Waals surface area contributed by atoms with Crippen LogP contribution in [-0.2, 0) is 32.6 Å². The maximum Gasteiger partial charge on any atom is 0.243 e. The van der Waals surface area contributed by atoms with Gasteiger partial charge in [-0.1, -0.05) is 17.3 Å². The summed E-state index contributed by atoms with van der Waals surface area (Å²) in [5.41, 5.74) is 2.19. The molecule has 2 aromatic carbocycles. The van der Waals surface area contributed by atoms with E-state index in [4.69, 9.17) is 4.74 Å². The van der Waals surface area contributed by atoms with E-state index in [2.05, 4.69) is 15.6 Å². The highest BCUT2D eigenvalue weighted by Crippen LogP contribution is 2.28. The predicted octanol–water partition coefficient (Wildman–Crippen LogP) is 2.27. The summed E-state index contributed by atoms with van der Waals surface area (Å²) in [7, 11) is -2.25. The molecule has 0 saturated carbocycles. The van der Waals surface area contributed by atoms with Gasteiger partial charge in [-0.15, -0.1) is 16.9 Å². The summed E-state index contributed by atoms with van der Waals surface area (Å²) in [6, 6.07) is 12.0. The Morgan fingerprint density at radius 2 is 2.03 bits per heavy atom. The van der Waals surface area contributed by atoms with Crippen LogP contribution in [0, 0.1) is 0 Å². The normalized spacial score (nSPS) is 17.0. The molecule has 1 aliphatic rings. The van der Waals surface area contributed by atoms with Crippen LogP contribution >= 0.6 is 11.8 Å². The number of carbonyl (C=O) groups excluding carboxylic acids is 1. The van der Waals surface area contributed by atoms with Crippen molar-refractivity contribution in [2.24, 2.45) is 0 Å². The van der Waals surface area contributed by atoms with Gasteiger partial charge < -0.3 is 10.1 Å². The molecule has 0 bridgehead atoms. The summed E-state index contributed by atoms with van der Waals surface area (Å²) in [5, 5.41) is 11.1. The number of methoxy groups -OCH3 is 1. The van der Waals surface area contributed by atoms with E-state index in [9.17, 15) is 13.2 Å². The molecule has 0 aliphatic carbocycles. The van der Waals surface area contributed by atoms with Gasteiger partial charge >= 0.3 is 0 Å². The van der Waals surface area contributed by atoms with E-state index in [-0.39, 0.29) is 10.8 Å². The largest absolute Gasteiger partial charge is 0.383 e. The third-order valence-corrected chi connectivity index (χ3v) is 8.38. The van der Waals surface area contributed by atoms with Gasteiger partial charge in [0.25, 0.3) is 0 Å². The molecule has 4 rings (SSSR count). The molecule has 176 valence electrons. The van der Waals surface area contributed by atoms with Gasteiger partial charge in [-0.2, -0.15) is 4.31 Å². The SMILES string of the molecule is COCCn1nnc2cc(S(=O)(=O)N3CCC[C@@H]3C(=O)NCc3ccc(SC)cc3)ccc21. The highest BCUT2D eigenvalue weighted by molar-refractivity contribution is 7.98. The molecule has 1 aromatic heterocycles. The minimum Gasteiger partial charge on any atom is -0.383 e. The van der Waals surface area contributed by atoms with Crippen molar-refractivity contribution < 1.29 is 17.9 Å². The van der Waals surface area contributed by atoms with Gasteiger partial charge in [-0.25, -0.2) is 13.1 Å². The summed E-state index contributed by atoms with van der Waals surface area (Å²) >= 11 is 1.65. The summed E-state index contributed by atoms with van der Waals surface area (Å²) < 4.78 is 34.8. The fourth-order valence-electron chi connectivity index (χ4n) is 3.93. The molecule has 33 heavy (non-hydrogen) atoms. The van der Waals surface area contributed by atoms with Crippen LogP contribution in [0.4, 0.5) is 0 Å². The van der Waals surface area contributed by atoms with Crippen molar-refractivity contribution in [3.63, 3.8) is 0 Å². The Bertz CT molecular complexity index is 1230. The van der Waals surface area contributed by atoms with Crippen molar-refractivity contribution in [3.05, 3.63) is 48.0 Å². The van der Waals surface area contributed by atoms with Gasteiger partial charge in [0, 0.05) is 25.1 Å². The number of fused-ring (bicyclic) bond motifs is 1. The lowest BCUT2D eigenvalue weighted by Gasteiger charge is -2.23. The average Bonchev–Trinajstić information content (AvgIpc) is 3.49. The number of nitrogens with zero attached hydrogens (tertiary/aromatic N) is 4. The van der Waals surface area contributed by atoms with Crippen LogP contribution in [0.5, 0.6) is 0 Å². The molecule has 2 heterocycles. The van der Waals surface area contributed by atoms with Crippen LogP contribution in [0.2, 0.25) is 0 Å². The first kappa shape index (κ1) is 23.7. The highest BCUT2D eigenvalue weighted by Gasteiger charge is 2.39. The minimum absolute atomic E-state index is 0.112. The van der Waals surface area contributed by atoms with Crippen molar-refractivity contribution in [1.29, 1.82) is 0 Å². The number of amides is 1. The topological polar surface area (TPSA) is 106 Å². The van der Waals surface area contributed by atoms with Gasteiger partial charge in [0.1, 0.15) is 11.6 Å².